The molecule has 0 aliphatic rings. The first-order chi connectivity index (χ1) is 12.4. The first-order valence-corrected chi connectivity index (χ1v) is 10.2. The summed E-state index contributed by atoms with van der Waals surface area (Å²) in [7, 11) is -2.27. The summed E-state index contributed by atoms with van der Waals surface area (Å²) in [4.78, 5) is 12.3. The van der Waals surface area contributed by atoms with E-state index in [9.17, 15) is 13.2 Å². The zero-order valence-corrected chi connectivity index (χ0v) is 16.8. The van der Waals surface area contributed by atoms with E-state index in [-0.39, 0.29) is 23.9 Å². The summed E-state index contributed by atoms with van der Waals surface area (Å²) in [5.74, 6) is -0.376. The van der Waals surface area contributed by atoms with Gasteiger partial charge >= 0.3 is 0 Å². The van der Waals surface area contributed by atoms with Gasteiger partial charge in [-0.1, -0.05) is 46.3 Å². The molecule has 0 aliphatic carbocycles. The van der Waals surface area contributed by atoms with Gasteiger partial charge in [-0.25, -0.2) is 8.42 Å². The number of methoxy groups -OCH3 is 1. The molecule has 0 heterocycles. The van der Waals surface area contributed by atoms with Gasteiger partial charge in [0.2, 0.25) is 15.9 Å². The van der Waals surface area contributed by atoms with Crippen LogP contribution in [0.1, 0.15) is 5.56 Å². The number of hydrogen-bond donors (Lipinski definition) is 1. The first kappa shape index (κ1) is 20.6. The third-order valence-electron chi connectivity index (χ3n) is 3.60. The van der Waals surface area contributed by atoms with Crippen LogP contribution >= 0.6 is 15.9 Å². The van der Waals surface area contributed by atoms with Gasteiger partial charge in [-0.2, -0.15) is 4.31 Å². The molecule has 1 amide bonds. The van der Waals surface area contributed by atoms with E-state index >= 15 is 0 Å². The molecule has 0 aromatic heterocycles. The predicted octanol–water partition coefficient (Wildman–Crippen LogP) is 2.40. The lowest BCUT2D eigenvalue weighted by Crippen LogP contribution is -2.41. The molecule has 2 rings (SSSR count). The van der Waals surface area contributed by atoms with Crippen LogP contribution in [0.4, 0.5) is 0 Å². The highest BCUT2D eigenvalue weighted by Gasteiger charge is 2.26. The molecule has 0 spiro atoms. The monoisotopic (exact) mass is 440 g/mol. The van der Waals surface area contributed by atoms with E-state index in [2.05, 4.69) is 21.2 Å². The molecular formula is C18H21BrN2O4S. The number of amides is 1. The topological polar surface area (TPSA) is 75.7 Å². The van der Waals surface area contributed by atoms with Gasteiger partial charge in [-0.3, -0.25) is 4.79 Å². The number of rotatable bonds is 9. The van der Waals surface area contributed by atoms with E-state index < -0.39 is 10.0 Å². The van der Waals surface area contributed by atoms with Crippen LogP contribution in [0.2, 0.25) is 0 Å². The van der Waals surface area contributed by atoms with Gasteiger partial charge in [0.1, 0.15) is 0 Å². The lowest BCUT2D eigenvalue weighted by atomic mass is 10.2. The average molecular weight is 441 g/mol. The molecular weight excluding hydrogens is 420 g/mol. The van der Waals surface area contributed by atoms with Crippen molar-refractivity contribution in [1.29, 1.82) is 0 Å². The summed E-state index contributed by atoms with van der Waals surface area (Å²) in [6.45, 7) is 0.524. The average Bonchev–Trinajstić information content (AvgIpc) is 2.64. The second-order valence-electron chi connectivity index (χ2n) is 5.56. The lowest BCUT2D eigenvalue weighted by Gasteiger charge is -2.22. The second-order valence-corrected chi connectivity index (χ2v) is 8.41. The van der Waals surface area contributed by atoms with Crippen molar-refractivity contribution in [3.63, 3.8) is 0 Å². The maximum atomic E-state index is 13.0. The molecule has 0 radical (unpaired) electrons. The molecule has 0 atom stereocenters. The Hall–Kier alpha value is -1.74. The summed E-state index contributed by atoms with van der Waals surface area (Å²) >= 11 is 3.36. The van der Waals surface area contributed by atoms with Crippen molar-refractivity contribution in [3.05, 3.63) is 64.6 Å². The van der Waals surface area contributed by atoms with Crippen LogP contribution < -0.4 is 5.32 Å². The van der Waals surface area contributed by atoms with Gasteiger partial charge in [-0.15, -0.1) is 0 Å². The summed E-state index contributed by atoms with van der Waals surface area (Å²) in [6, 6.07) is 15.4. The molecule has 0 saturated heterocycles. The molecule has 26 heavy (non-hydrogen) atoms. The van der Waals surface area contributed by atoms with Crippen molar-refractivity contribution in [1.82, 2.24) is 9.62 Å². The summed E-state index contributed by atoms with van der Waals surface area (Å²) in [5, 5.41) is 2.65. The van der Waals surface area contributed by atoms with E-state index in [1.807, 2.05) is 24.3 Å². The van der Waals surface area contributed by atoms with E-state index in [1.165, 1.54) is 23.5 Å². The number of halogens is 1. The van der Waals surface area contributed by atoms with Crippen molar-refractivity contribution in [3.8, 4) is 0 Å². The van der Waals surface area contributed by atoms with Crippen molar-refractivity contribution in [2.75, 3.05) is 26.8 Å². The maximum absolute atomic E-state index is 13.0. The second kappa shape index (κ2) is 9.82. The number of sulfonamides is 1. The van der Waals surface area contributed by atoms with Gasteiger partial charge in [0.15, 0.2) is 0 Å². The van der Waals surface area contributed by atoms with Gasteiger partial charge in [-0.05, 0) is 29.8 Å². The lowest BCUT2D eigenvalue weighted by molar-refractivity contribution is -0.121. The van der Waals surface area contributed by atoms with Crippen LogP contribution in [0.3, 0.4) is 0 Å². The fourth-order valence-corrected chi connectivity index (χ4v) is 3.94. The van der Waals surface area contributed by atoms with Gasteiger partial charge in [0.05, 0.1) is 18.0 Å². The zero-order valence-electron chi connectivity index (χ0n) is 14.4. The van der Waals surface area contributed by atoms with Crippen molar-refractivity contribution < 1.29 is 17.9 Å². The third-order valence-corrected chi connectivity index (χ3v) is 5.94. The highest BCUT2D eigenvalue weighted by Crippen LogP contribution is 2.19. The quantitative estimate of drug-likeness (QED) is 0.607. The van der Waals surface area contributed by atoms with E-state index in [4.69, 9.17) is 4.74 Å². The fourth-order valence-electron chi connectivity index (χ4n) is 2.27. The normalized spacial score (nSPS) is 11.5. The van der Waals surface area contributed by atoms with E-state index in [0.717, 1.165) is 10.0 Å². The maximum Gasteiger partial charge on any atom is 0.243 e. The van der Waals surface area contributed by atoms with Gasteiger partial charge in [0.25, 0.3) is 0 Å². The molecule has 6 nitrogen and oxygen atoms in total. The number of carbonyl (C=O) groups excluding carboxylic acids is 1. The van der Waals surface area contributed by atoms with E-state index in [1.54, 1.807) is 18.2 Å². The SMILES string of the molecule is COCCNC(=O)CN(Cc1ccc(Br)cc1)S(=O)(=O)c1ccccc1. The molecule has 2 aromatic rings. The van der Waals surface area contributed by atoms with E-state index in [0.29, 0.717) is 13.2 Å². The molecule has 0 aliphatic heterocycles. The van der Waals surface area contributed by atoms with Crippen LogP contribution in [-0.4, -0.2) is 45.4 Å². The van der Waals surface area contributed by atoms with Crippen LogP contribution in [0.5, 0.6) is 0 Å². The molecule has 0 bridgehead atoms. The smallest absolute Gasteiger partial charge is 0.243 e. The molecule has 2 aromatic carbocycles. The third kappa shape index (κ3) is 5.91. The molecule has 0 fully saturated rings. The molecule has 140 valence electrons. The Morgan fingerprint density at radius 3 is 2.38 bits per heavy atom. The minimum absolute atomic E-state index is 0.0994. The minimum Gasteiger partial charge on any atom is -0.383 e. The zero-order chi connectivity index (χ0) is 19.0. The number of nitrogens with zero attached hydrogens (tertiary/aromatic N) is 1. The highest BCUT2D eigenvalue weighted by molar-refractivity contribution is 9.10. The van der Waals surface area contributed by atoms with Crippen molar-refractivity contribution in [2.45, 2.75) is 11.4 Å². The number of benzene rings is 2. The highest BCUT2D eigenvalue weighted by atomic mass is 79.9. The fraction of sp³-hybridized carbons (Fsp3) is 0.278. The Morgan fingerprint density at radius 2 is 1.77 bits per heavy atom. The summed E-state index contributed by atoms with van der Waals surface area (Å²) < 4.78 is 32.9. The Balaban J connectivity index is 2.23. The van der Waals surface area contributed by atoms with Crippen LogP contribution in [0, 0.1) is 0 Å². The first-order valence-electron chi connectivity index (χ1n) is 7.99. The Bertz CT molecular complexity index is 811. The number of ether oxygens (including phenoxy) is 1. The molecule has 0 unspecified atom stereocenters. The molecule has 1 N–H and O–H groups in total. The molecule has 0 saturated carbocycles. The van der Waals surface area contributed by atoms with Gasteiger partial charge in [0, 0.05) is 24.7 Å². The van der Waals surface area contributed by atoms with Gasteiger partial charge < -0.3 is 10.1 Å². The standard InChI is InChI=1S/C18H21BrN2O4S/c1-25-12-11-20-18(22)14-21(13-15-7-9-16(19)10-8-15)26(23,24)17-5-3-2-4-6-17/h2-10H,11-14H2,1H3,(H,20,22). The number of nitrogens with one attached hydrogen (secondary N) is 1. The summed E-state index contributed by atoms with van der Waals surface area (Å²) in [5.41, 5.74) is 0.789. The number of hydrogen-bond acceptors (Lipinski definition) is 4. The Morgan fingerprint density at radius 1 is 1.12 bits per heavy atom. The minimum atomic E-state index is -3.81. The predicted molar refractivity (Wildman–Crippen MR) is 103 cm³/mol. The van der Waals surface area contributed by atoms with Crippen molar-refractivity contribution in [2.24, 2.45) is 0 Å². The molecule has 8 heteroatoms. The summed E-state index contributed by atoms with van der Waals surface area (Å²) in [6.07, 6.45) is 0. The largest absolute Gasteiger partial charge is 0.383 e. The number of carbonyl (C=O) groups is 1. The Labute approximate surface area is 162 Å². The van der Waals surface area contributed by atoms with Crippen LogP contribution in [0.25, 0.3) is 0 Å². The van der Waals surface area contributed by atoms with Crippen LogP contribution in [-0.2, 0) is 26.1 Å². The van der Waals surface area contributed by atoms with Crippen molar-refractivity contribution >= 4 is 31.9 Å². The Kier molecular flexibility index (Phi) is 7.77. The van der Waals surface area contributed by atoms with Crippen LogP contribution in [0.15, 0.2) is 64.0 Å².